The summed E-state index contributed by atoms with van der Waals surface area (Å²) in [6, 6.07) is 17.5. The Bertz CT molecular complexity index is 1860. The van der Waals surface area contributed by atoms with Gasteiger partial charge in [-0.3, -0.25) is 14.4 Å². The fourth-order valence-corrected chi connectivity index (χ4v) is 6.52. The Kier molecular flexibility index (Phi) is 15.2. The lowest BCUT2D eigenvalue weighted by Crippen LogP contribution is -2.57. The van der Waals surface area contributed by atoms with Gasteiger partial charge in [-0.1, -0.05) is 68.4 Å². The molecule has 3 aromatic carbocycles. The maximum Gasteiger partial charge on any atom is 0.409 e. The zero-order valence-corrected chi connectivity index (χ0v) is 31.8. The minimum atomic E-state index is -1.44. The second-order valence-corrected chi connectivity index (χ2v) is 14.0. The normalized spacial score (nSPS) is 13.3. The average Bonchev–Trinajstić information content (AvgIpc) is 3.48. The molecule has 0 aliphatic heterocycles. The number of hydrogen-bond donors (Lipinski definition) is 8. The second kappa shape index (κ2) is 20.0. The van der Waals surface area contributed by atoms with Gasteiger partial charge < -0.3 is 51.5 Å². The number of carbonyl (C=O) groups excluding carboxylic acids is 4. The van der Waals surface area contributed by atoms with Crippen LogP contribution < -0.4 is 26.6 Å². The number of aliphatic hydroxyl groups excluding tert-OH is 1. The van der Waals surface area contributed by atoms with Gasteiger partial charge in [-0.15, -0.1) is 0 Å². The van der Waals surface area contributed by atoms with Crippen molar-refractivity contribution < 1.29 is 48.8 Å². The summed E-state index contributed by atoms with van der Waals surface area (Å²) in [5, 5.41) is 40.2. The number of unbranched alkanes of at least 4 members (excludes halogenated alkanes) is 1. The van der Waals surface area contributed by atoms with E-state index in [1.807, 2.05) is 36.4 Å². The fraction of sp³-hybridized carbons (Fsp3) is 0.400. The highest BCUT2D eigenvalue weighted by atomic mass is 16.6. The minimum absolute atomic E-state index is 0.0587. The molecule has 6 amide bonds. The van der Waals surface area contributed by atoms with Crippen LogP contribution in [0.3, 0.4) is 0 Å². The van der Waals surface area contributed by atoms with E-state index >= 15 is 0 Å². The van der Waals surface area contributed by atoms with E-state index in [1.54, 1.807) is 39.1 Å². The van der Waals surface area contributed by atoms with Crippen molar-refractivity contribution in [2.24, 2.45) is 5.92 Å². The van der Waals surface area contributed by atoms with Crippen LogP contribution in [0.1, 0.15) is 68.2 Å². The Balaban J connectivity index is 1.33. The number of carboxylic acid groups (broad SMARTS) is 2. The van der Waals surface area contributed by atoms with Crippen molar-refractivity contribution in [3.8, 4) is 11.1 Å². The van der Waals surface area contributed by atoms with E-state index in [4.69, 9.17) is 9.84 Å². The molecule has 16 heteroatoms. The van der Waals surface area contributed by atoms with E-state index in [9.17, 15) is 39.0 Å². The Morgan fingerprint density at radius 3 is 2.00 bits per heavy atom. The van der Waals surface area contributed by atoms with Crippen LogP contribution in [0.4, 0.5) is 20.1 Å². The number of aliphatic hydroxyl groups is 1. The number of hydrogen-bond acceptors (Lipinski definition) is 8. The SMILES string of the molecule is CC(NC(=O)C(NC(=O)C(CCCCNC(=O)O)NC(=O)O)C(C)C)C(=O)Nc1ccc(CO)c(CN(C)C(=O)OCC2c3ccccc3-c3ccccc32)c1. The van der Waals surface area contributed by atoms with E-state index in [0.29, 0.717) is 29.7 Å². The van der Waals surface area contributed by atoms with Crippen molar-refractivity contribution in [3.63, 3.8) is 0 Å². The van der Waals surface area contributed by atoms with Crippen molar-refractivity contribution in [2.45, 2.75) is 77.2 Å². The number of ether oxygens (including phenoxy) is 1. The summed E-state index contributed by atoms with van der Waals surface area (Å²) in [5.41, 5.74) is 5.83. The molecule has 0 bridgehead atoms. The number of nitrogens with one attached hydrogen (secondary N) is 5. The third kappa shape index (κ3) is 11.4. The standard InChI is InChI=1S/C40H50N6O10/c1-23(2)34(45-36(49)33(44-39(53)54)15-9-10-18-41-38(51)52)37(50)42-24(3)35(48)43-27-17-16-25(21-47)26(19-27)20-46(4)40(55)56-22-32-30-13-7-5-11-28(30)29-12-6-8-14-31(29)32/h5-8,11-14,16-17,19,23-24,32-34,41,44,47H,9-10,15,18,20-22H2,1-4H3,(H,42,50)(H,43,48)(H,45,49)(H,51,52)(H,53,54). The molecule has 3 aromatic rings. The molecule has 56 heavy (non-hydrogen) atoms. The first-order chi connectivity index (χ1) is 26.7. The van der Waals surface area contributed by atoms with Gasteiger partial charge in [0, 0.05) is 31.7 Å². The number of amides is 6. The molecule has 3 atom stereocenters. The van der Waals surface area contributed by atoms with Crippen LogP contribution >= 0.6 is 0 Å². The summed E-state index contributed by atoms with van der Waals surface area (Å²) < 4.78 is 5.77. The van der Waals surface area contributed by atoms with Crippen LogP contribution in [0.5, 0.6) is 0 Å². The van der Waals surface area contributed by atoms with Crippen LogP contribution in [0, 0.1) is 5.92 Å². The highest BCUT2D eigenvalue weighted by Crippen LogP contribution is 2.44. The van der Waals surface area contributed by atoms with Gasteiger partial charge in [0.15, 0.2) is 0 Å². The Labute approximate surface area is 325 Å². The predicted molar refractivity (Wildman–Crippen MR) is 207 cm³/mol. The molecular formula is C40H50N6O10. The maximum atomic E-state index is 13.3. The Morgan fingerprint density at radius 2 is 1.41 bits per heavy atom. The highest BCUT2D eigenvalue weighted by Gasteiger charge is 2.31. The van der Waals surface area contributed by atoms with Gasteiger partial charge in [0.2, 0.25) is 17.7 Å². The number of anilines is 1. The quantitative estimate of drug-likeness (QED) is 0.0857. The predicted octanol–water partition coefficient (Wildman–Crippen LogP) is 4.22. The van der Waals surface area contributed by atoms with Crippen molar-refractivity contribution in [2.75, 3.05) is 25.5 Å². The van der Waals surface area contributed by atoms with Crippen molar-refractivity contribution in [1.82, 2.24) is 26.2 Å². The van der Waals surface area contributed by atoms with Crippen molar-refractivity contribution in [1.29, 1.82) is 0 Å². The van der Waals surface area contributed by atoms with Crippen molar-refractivity contribution in [3.05, 3.63) is 89.0 Å². The summed E-state index contributed by atoms with van der Waals surface area (Å²) in [4.78, 5) is 76.1. The molecule has 0 spiro atoms. The van der Waals surface area contributed by atoms with Gasteiger partial charge in [0.25, 0.3) is 0 Å². The first kappa shape index (κ1) is 42.6. The number of carbonyl (C=O) groups is 6. The van der Waals surface area contributed by atoms with Gasteiger partial charge in [0.05, 0.1) is 6.61 Å². The molecule has 4 rings (SSSR count). The van der Waals surface area contributed by atoms with E-state index in [2.05, 4.69) is 38.7 Å². The van der Waals surface area contributed by atoms with Crippen LogP contribution in [0.2, 0.25) is 0 Å². The summed E-state index contributed by atoms with van der Waals surface area (Å²) in [5.74, 6) is -2.56. The lowest BCUT2D eigenvalue weighted by molar-refractivity contribution is -0.132. The zero-order chi connectivity index (χ0) is 40.9. The number of fused-ring (bicyclic) bond motifs is 3. The highest BCUT2D eigenvalue weighted by molar-refractivity contribution is 5.98. The molecule has 300 valence electrons. The van der Waals surface area contributed by atoms with E-state index < -0.39 is 60.0 Å². The number of benzene rings is 3. The Morgan fingerprint density at radius 1 is 0.768 bits per heavy atom. The molecule has 0 radical (unpaired) electrons. The zero-order valence-electron chi connectivity index (χ0n) is 31.8. The molecule has 0 saturated heterocycles. The molecule has 1 aliphatic rings. The number of nitrogens with zero attached hydrogens (tertiary/aromatic N) is 1. The van der Waals surface area contributed by atoms with Crippen LogP contribution in [0.15, 0.2) is 66.7 Å². The third-order valence-electron chi connectivity index (χ3n) is 9.51. The summed E-state index contributed by atoms with van der Waals surface area (Å²) >= 11 is 0. The number of rotatable bonds is 18. The van der Waals surface area contributed by atoms with E-state index in [-0.39, 0.29) is 38.6 Å². The third-order valence-corrected chi connectivity index (χ3v) is 9.51. The fourth-order valence-electron chi connectivity index (χ4n) is 6.52. The smallest absolute Gasteiger partial charge is 0.409 e. The molecule has 16 nitrogen and oxygen atoms in total. The first-order valence-corrected chi connectivity index (χ1v) is 18.4. The van der Waals surface area contributed by atoms with Gasteiger partial charge in [-0.25, -0.2) is 14.4 Å². The van der Waals surface area contributed by atoms with Crippen LogP contribution in [0.25, 0.3) is 11.1 Å². The van der Waals surface area contributed by atoms with Gasteiger partial charge in [0.1, 0.15) is 24.7 Å². The molecule has 0 saturated carbocycles. The van der Waals surface area contributed by atoms with Gasteiger partial charge >= 0.3 is 18.3 Å². The van der Waals surface area contributed by atoms with Crippen LogP contribution in [-0.4, -0.2) is 94.5 Å². The lowest BCUT2D eigenvalue weighted by atomic mass is 9.98. The molecule has 3 unspecified atom stereocenters. The maximum absolute atomic E-state index is 13.3. The molecule has 0 aromatic heterocycles. The summed E-state index contributed by atoms with van der Waals surface area (Å²) in [6.45, 7) is 4.82. The molecule has 8 N–H and O–H groups in total. The van der Waals surface area contributed by atoms with E-state index in [1.165, 1.54) is 11.8 Å². The first-order valence-electron chi connectivity index (χ1n) is 18.4. The topological polar surface area (TPSA) is 236 Å². The molecule has 0 heterocycles. The molecule has 1 aliphatic carbocycles. The Hall–Kier alpha value is -6.16. The van der Waals surface area contributed by atoms with Gasteiger partial charge in [-0.05, 0) is 77.6 Å². The molecular weight excluding hydrogens is 724 g/mol. The lowest BCUT2D eigenvalue weighted by Gasteiger charge is -2.26. The average molecular weight is 775 g/mol. The largest absolute Gasteiger partial charge is 0.465 e. The monoisotopic (exact) mass is 774 g/mol. The molecule has 0 fully saturated rings. The van der Waals surface area contributed by atoms with Crippen molar-refractivity contribution >= 4 is 41.7 Å². The summed E-state index contributed by atoms with van der Waals surface area (Å²) in [6.07, 6.45) is -2.46. The van der Waals surface area contributed by atoms with Gasteiger partial charge in [-0.2, -0.15) is 0 Å². The second-order valence-electron chi connectivity index (χ2n) is 14.0. The van der Waals surface area contributed by atoms with Crippen LogP contribution in [-0.2, 0) is 32.3 Å². The minimum Gasteiger partial charge on any atom is -0.465 e. The van der Waals surface area contributed by atoms with E-state index in [0.717, 1.165) is 22.3 Å². The summed E-state index contributed by atoms with van der Waals surface area (Å²) in [7, 11) is 1.58.